The summed E-state index contributed by atoms with van der Waals surface area (Å²) >= 11 is 0. The molecule has 2 aliphatic rings. The Morgan fingerprint density at radius 1 is 0.867 bits per heavy atom. The zero-order valence-electron chi connectivity index (χ0n) is 16.6. The molecule has 2 rings (SSSR count). The van der Waals surface area contributed by atoms with Gasteiger partial charge in [0.2, 0.25) is 0 Å². The zero-order chi connectivity index (χ0) is 22.6. The smallest absolute Gasteiger partial charge is 0.419 e. The highest BCUT2D eigenvalue weighted by atomic mass is 16.7. The molecule has 30 heavy (non-hydrogen) atoms. The van der Waals surface area contributed by atoms with Gasteiger partial charge >= 0.3 is 30.0 Å². The Labute approximate surface area is 170 Å². The van der Waals surface area contributed by atoms with Gasteiger partial charge in [0.15, 0.2) is 31.1 Å². The van der Waals surface area contributed by atoms with E-state index in [-0.39, 0.29) is 0 Å². The first-order valence-electron chi connectivity index (χ1n) is 8.80. The van der Waals surface area contributed by atoms with Gasteiger partial charge in [0, 0.05) is 27.7 Å². The maximum absolute atomic E-state index is 12.2. The normalized spacial score (nSPS) is 28.4. The summed E-state index contributed by atoms with van der Waals surface area (Å²) in [4.78, 5) is 71.0. The molecule has 0 spiro atoms. The Morgan fingerprint density at radius 2 is 1.40 bits per heavy atom. The average Bonchev–Trinajstić information content (AvgIpc) is 2.94. The minimum Gasteiger partial charge on any atom is -0.463 e. The molecule has 0 aromatic rings. The molecule has 166 valence electrons. The predicted octanol–water partition coefficient (Wildman–Crippen LogP) is -0.952. The molecular weight excluding hydrogens is 410 g/mol. The topological polar surface area (TPSA) is 161 Å². The first kappa shape index (κ1) is 23.1. The summed E-state index contributed by atoms with van der Waals surface area (Å²) in [5.74, 6) is -3.99. The van der Waals surface area contributed by atoms with Crippen LogP contribution < -0.4 is 0 Å². The maximum atomic E-state index is 12.2. The lowest BCUT2D eigenvalue weighted by Crippen LogP contribution is -2.66. The van der Waals surface area contributed by atoms with Gasteiger partial charge in [-0.2, -0.15) is 0 Å². The lowest BCUT2D eigenvalue weighted by molar-refractivity contribution is -0.270. The number of ether oxygens (including phenoxy) is 6. The van der Waals surface area contributed by atoms with Crippen LogP contribution in [0, 0.1) is 0 Å². The SMILES string of the molecule is CC(=O)OC[C@H]1O[C@@H](N2C(=O)COC2=O)[C@H](OC(C)=O)[C@@H](OC(C)=O)[C@@H]1OC(C)=O. The first-order valence-corrected chi connectivity index (χ1v) is 8.80. The third-order valence-corrected chi connectivity index (χ3v) is 4.01. The molecule has 13 heteroatoms. The Morgan fingerprint density at radius 3 is 1.87 bits per heavy atom. The Kier molecular flexibility index (Phi) is 7.32. The fourth-order valence-corrected chi connectivity index (χ4v) is 3.02. The maximum Gasteiger partial charge on any atom is 0.419 e. The van der Waals surface area contributed by atoms with E-state index in [9.17, 15) is 28.8 Å². The Hall–Kier alpha value is -3.22. The minimum atomic E-state index is -1.60. The van der Waals surface area contributed by atoms with E-state index in [1.807, 2.05) is 0 Å². The second-order valence-corrected chi connectivity index (χ2v) is 6.41. The molecule has 2 heterocycles. The first-order chi connectivity index (χ1) is 14.0. The number of amides is 2. The summed E-state index contributed by atoms with van der Waals surface area (Å²) in [6, 6.07) is 0. The van der Waals surface area contributed by atoms with Crippen LogP contribution in [-0.4, -0.2) is 84.6 Å². The lowest BCUT2D eigenvalue weighted by Gasteiger charge is -2.45. The summed E-state index contributed by atoms with van der Waals surface area (Å²) in [6.45, 7) is 3.22. The zero-order valence-corrected chi connectivity index (χ0v) is 16.6. The van der Waals surface area contributed by atoms with Crippen LogP contribution in [0.2, 0.25) is 0 Å². The average molecular weight is 431 g/mol. The lowest BCUT2D eigenvalue weighted by atomic mass is 9.96. The van der Waals surface area contributed by atoms with Crippen molar-refractivity contribution in [3.63, 3.8) is 0 Å². The number of hydrogen-bond acceptors (Lipinski definition) is 12. The van der Waals surface area contributed by atoms with Gasteiger partial charge in [0.25, 0.3) is 5.91 Å². The molecule has 0 aromatic heterocycles. The van der Waals surface area contributed by atoms with E-state index in [0.29, 0.717) is 4.90 Å². The number of carbonyl (C=O) groups is 6. The van der Waals surface area contributed by atoms with Crippen LogP contribution in [0.15, 0.2) is 0 Å². The number of carbonyl (C=O) groups excluding carboxylic acids is 6. The van der Waals surface area contributed by atoms with Crippen LogP contribution in [0.4, 0.5) is 4.79 Å². The van der Waals surface area contributed by atoms with E-state index in [1.54, 1.807) is 0 Å². The number of cyclic esters (lactones) is 1. The number of hydrogen-bond donors (Lipinski definition) is 0. The van der Waals surface area contributed by atoms with Crippen LogP contribution in [0.3, 0.4) is 0 Å². The molecule has 2 aliphatic heterocycles. The molecule has 0 N–H and O–H groups in total. The molecule has 2 saturated heterocycles. The molecule has 5 atom stereocenters. The quantitative estimate of drug-likeness (QED) is 0.375. The van der Waals surface area contributed by atoms with Gasteiger partial charge in [0.05, 0.1) is 0 Å². The van der Waals surface area contributed by atoms with E-state index < -0.39 is 79.7 Å². The molecule has 0 radical (unpaired) electrons. The predicted molar refractivity (Wildman–Crippen MR) is 90.2 cm³/mol. The highest BCUT2D eigenvalue weighted by molar-refractivity contribution is 5.98. The molecule has 13 nitrogen and oxygen atoms in total. The Bertz CT molecular complexity index is 733. The summed E-state index contributed by atoms with van der Waals surface area (Å²) in [6.07, 6.45) is -8.40. The number of rotatable bonds is 6. The van der Waals surface area contributed by atoms with Crippen LogP contribution in [0.5, 0.6) is 0 Å². The van der Waals surface area contributed by atoms with Crippen molar-refractivity contribution in [3.05, 3.63) is 0 Å². The van der Waals surface area contributed by atoms with Crippen molar-refractivity contribution < 1.29 is 57.2 Å². The van der Waals surface area contributed by atoms with Gasteiger partial charge in [-0.3, -0.25) is 24.0 Å². The third-order valence-electron chi connectivity index (χ3n) is 4.01. The standard InChI is InChI=1S/C17H21NO12/c1-7(19)25-5-11-13(27-8(2)20)14(28-9(3)21)15(29-10(4)22)16(30-11)18-12(23)6-26-17(18)24/h11,13-16H,5-6H2,1-4H3/t11-,13-,14+,15-,16-/m1/s1. The van der Waals surface area contributed by atoms with Crippen molar-refractivity contribution in [3.8, 4) is 0 Å². The van der Waals surface area contributed by atoms with Crippen LogP contribution in [0.25, 0.3) is 0 Å². The molecule has 0 aliphatic carbocycles. The van der Waals surface area contributed by atoms with Crippen molar-refractivity contribution in [1.29, 1.82) is 0 Å². The number of esters is 4. The second-order valence-electron chi connectivity index (χ2n) is 6.41. The van der Waals surface area contributed by atoms with Gasteiger partial charge in [-0.1, -0.05) is 0 Å². The van der Waals surface area contributed by atoms with Crippen LogP contribution in [0.1, 0.15) is 27.7 Å². The van der Waals surface area contributed by atoms with E-state index >= 15 is 0 Å². The van der Waals surface area contributed by atoms with Gasteiger partial charge < -0.3 is 28.4 Å². The van der Waals surface area contributed by atoms with E-state index in [2.05, 4.69) is 4.74 Å². The Balaban J connectivity index is 2.50. The monoisotopic (exact) mass is 431 g/mol. The summed E-state index contributed by atoms with van der Waals surface area (Å²) in [5, 5.41) is 0. The van der Waals surface area contributed by atoms with Crippen molar-refractivity contribution in [1.82, 2.24) is 4.90 Å². The molecule has 2 fully saturated rings. The summed E-state index contributed by atoms with van der Waals surface area (Å²) < 4.78 is 30.8. The molecule has 0 aromatic carbocycles. The van der Waals surface area contributed by atoms with Crippen LogP contribution >= 0.6 is 0 Å². The fourth-order valence-electron chi connectivity index (χ4n) is 3.02. The van der Waals surface area contributed by atoms with Gasteiger partial charge in [0.1, 0.15) is 12.7 Å². The largest absolute Gasteiger partial charge is 0.463 e. The molecule has 0 bridgehead atoms. The third kappa shape index (κ3) is 5.43. The minimum absolute atomic E-state index is 0.481. The molecule has 0 unspecified atom stereocenters. The van der Waals surface area contributed by atoms with E-state index in [1.165, 1.54) is 0 Å². The van der Waals surface area contributed by atoms with Crippen LogP contribution in [-0.2, 0) is 52.4 Å². The summed E-state index contributed by atoms with van der Waals surface area (Å²) in [5.41, 5.74) is 0. The molecule has 0 saturated carbocycles. The fraction of sp³-hybridized carbons (Fsp3) is 0.647. The van der Waals surface area contributed by atoms with Gasteiger partial charge in [-0.05, 0) is 0 Å². The van der Waals surface area contributed by atoms with Crippen molar-refractivity contribution in [2.45, 2.75) is 58.3 Å². The van der Waals surface area contributed by atoms with E-state index in [0.717, 1.165) is 27.7 Å². The molecular formula is C17H21NO12. The molecule has 2 amide bonds. The highest BCUT2D eigenvalue weighted by Gasteiger charge is 2.57. The second kappa shape index (κ2) is 9.52. The highest BCUT2D eigenvalue weighted by Crippen LogP contribution is 2.32. The van der Waals surface area contributed by atoms with Crippen molar-refractivity contribution in [2.24, 2.45) is 0 Å². The van der Waals surface area contributed by atoms with Gasteiger partial charge in [-0.15, -0.1) is 0 Å². The van der Waals surface area contributed by atoms with E-state index in [4.69, 9.17) is 23.7 Å². The van der Waals surface area contributed by atoms with Crippen molar-refractivity contribution in [2.75, 3.05) is 13.2 Å². The summed E-state index contributed by atoms with van der Waals surface area (Å²) in [7, 11) is 0. The van der Waals surface area contributed by atoms with Gasteiger partial charge in [-0.25, -0.2) is 9.69 Å². The number of imide groups is 1. The van der Waals surface area contributed by atoms with Crippen molar-refractivity contribution >= 4 is 35.9 Å². The number of nitrogens with zero attached hydrogens (tertiary/aromatic N) is 1.